The van der Waals surface area contributed by atoms with Gasteiger partial charge in [-0.05, 0) is 36.5 Å². The zero-order valence-corrected chi connectivity index (χ0v) is 13.7. The van der Waals surface area contributed by atoms with E-state index < -0.39 is 0 Å². The Kier molecular flexibility index (Phi) is 6.95. The van der Waals surface area contributed by atoms with Gasteiger partial charge in [-0.2, -0.15) is 0 Å². The van der Waals surface area contributed by atoms with E-state index in [4.69, 9.17) is 0 Å². The first-order valence-corrected chi connectivity index (χ1v) is 7.84. The first kappa shape index (κ1) is 15.7. The van der Waals surface area contributed by atoms with E-state index in [1.165, 1.54) is 29.4 Å². The number of nitrogens with zero attached hydrogens (tertiary/aromatic N) is 1. The van der Waals surface area contributed by atoms with E-state index in [-0.39, 0.29) is 0 Å². The average molecular weight is 312 g/mol. The highest BCUT2D eigenvalue weighted by Gasteiger charge is 2.16. The fourth-order valence-corrected chi connectivity index (χ4v) is 2.93. The van der Waals surface area contributed by atoms with Crippen molar-refractivity contribution in [2.75, 3.05) is 6.54 Å². The maximum Gasteiger partial charge on any atom is 0.0237 e. The van der Waals surface area contributed by atoms with Crippen molar-refractivity contribution < 1.29 is 0 Å². The molecule has 0 aliphatic rings. The molecule has 0 unspecified atom stereocenters. The standard InChI is InChI=1S/C16H26BrN/c1-5-16(6-2)18(11-13(3)4)12-14-8-7-9-15(17)10-14/h7-10,13,16H,5-6,11-12H2,1-4H3. The summed E-state index contributed by atoms with van der Waals surface area (Å²) in [6.07, 6.45) is 2.47. The van der Waals surface area contributed by atoms with Crippen molar-refractivity contribution in [3.8, 4) is 0 Å². The second kappa shape index (κ2) is 7.96. The summed E-state index contributed by atoms with van der Waals surface area (Å²) in [5, 5.41) is 0. The molecule has 1 nitrogen and oxygen atoms in total. The molecule has 0 heterocycles. The molecule has 0 aromatic heterocycles. The lowest BCUT2D eigenvalue weighted by atomic mass is 10.1. The molecular formula is C16H26BrN. The fourth-order valence-electron chi connectivity index (χ4n) is 2.49. The van der Waals surface area contributed by atoms with Gasteiger partial charge in [0.2, 0.25) is 0 Å². The van der Waals surface area contributed by atoms with Gasteiger partial charge in [0.1, 0.15) is 0 Å². The van der Waals surface area contributed by atoms with Crippen molar-refractivity contribution >= 4 is 15.9 Å². The van der Waals surface area contributed by atoms with Crippen molar-refractivity contribution in [3.05, 3.63) is 34.3 Å². The molecular weight excluding hydrogens is 286 g/mol. The summed E-state index contributed by atoms with van der Waals surface area (Å²) in [4.78, 5) is 2.63. The second-order valence-electron chi connectivity index (χ2n) is 5.42. The summed E-state index contributed by atoms with van der Waals surface area (Å²) in [6.45, 7) is 11.4. The quantitative estimate of drug-likeness (QED) is 0.677. The zero-order chi connectivity index (χ0) is 13.5. The molecule has 0 fully saturated rings. The minimum absolute atomic E-state index is 0.700. The molecule has 0 atom stereocenters. The van der Waals surface area contributed by atoms with Crippen LogP contribution in [0.15, 0.2) is 28.7 Å². The van der Waals surface area contributed by atoms with Gasteiger partial charge in [-0.1, -0.05) is 55.8 Å². The first-order valence-electron chi connectivity index (χ1n) is 7.05. The Morgan fingerprint density at radius 3 is 2.33 bits per heavy atom. The van der Waals surface area contributed by atoms with Crippen molar-refractivity contribution in [3.63, 3.8) is 0 Å². The maximum atomic E-state index is 3.56. The van der Waals surface area contributed by atoms with Gasteiger partial charge in [-0.3, -0.25) is 4.90 Å². The van der Waals surface area contributed by atoms with Crippen LogP contribution in [0.3, 0.4) is 0 Å². The minimum atomic E-state index is 0.700. The van der Waals surface area contributed by atoms with E-state index in [2.05, 4.69) is 72.8 Å². The molecule has 0 saturated carbocycles. The molecule has 1 rings (SSSR count). The minimum Gasteiger partial charge on any atom is -0.296 e. The lowest BCUT2D eigenvalue weighted by Gasteiger charge is -2.32. The molecule has 1 aromatic carbocycles. The van der Waals surface area contributed by atoms with Crippen LogP contribution in [0, 0.1) is 5.92 Å². The van der Waals surface area contributed by atoms with Crippen LogP contribution in [0.2, 0.25) is 0 Å². The molecule has 0 N–H and O–H groups in total. The molecule has 2 heteroatoms. The molecule has 0 spiro atoms. The van der Waals surface area contributed by atoms with E-state index in [0.29, 0.717) is 6.04 Å². The van der Waals surface area contributed by atoms with Gasteiger partial charge >= 0.3 is 0 Å². The van der Waals surface area contributed by atoms with Crippen molar-refractivity contribution in [2.45, 2.75) is 53.1 Å². The van der Waals surface area contributed by atoms with Crippen molar-refractivity contribution in [1.29, 1.82) is 0 Å². The number of benzene rings is 1. The van der Waals surface area contributed by atoms with Crippen LogP contribution >= 0.6 is 15.9 Å². The van der Waals surface area contributed by atoms with Gasteiger partial charge < -0.3 is 0 Å². The van der Waals surface area contributed by atoms with Gasteiger partial charge in [0.05, 0.1) is 0 Å². The van der Waals surface area contributed by atoms with Crippen LogP contribution in [-0.2, 0) is 6.54 Å². The third kappa shape index (κ3) is 5.11. The predicted octanol–water partition coefficient (Wildman–Crippen LogP) is 5.10. The Hall–Kier alpha value is -0.340. The van der Waals surface area contributed by atoms with Gasteiger partial charge in [0.15, 0.2) is 0 Å². The molecule has 18 heavy (non-hydrogen) atoms. The number of halogens is 1. The summed E-state index contributed by atoms with van der Waals surface area (Å²) in [6, 6.07) is 9.37. The molecule has 0 saturated heterocycles. The Morgan fingerprint density at radius 1 is 1.17 bits per heavy atom. The number of hydrogen-bond acceptors (Lipinski definition) is 1. The topological polar surface area (TPSA) is 3.24 Å². The summed E-state index contributed by atoms with van der Waals surface area (Å²) in [7, 11) is 0. The van der Waals surface area contributed by atoms with Crippen LogP contribution in [-0.4, -0.2) is 17.5 Å². The summed E-state index contributed by atoms with van der Waals surface area (Å²) in [5.41, 5.74) is 1.40. The van der Waals surface area contributed by atoms with Crippen molar-refractivity contribution in [1.82, 2.24) is 4.90 Å². The second-order valence-corrected chi connectivity index (χ2v) is 6.34. The molecule has 0 bridgehead atoms. The van der Waals surface area contributed by atoms with Crippen LogP contribution in [0.4, 0.5) is 0 Å². The Bertz CT molecular complexity index is 345. The van der Waals surface area contributed by atoms with E-state index in [1.807, 2.05) is 0 Å². The van der Waals surface area contributed by atoms with E-state index in [0.717, 1.165) is 12.5 Å². The Balaban J connectivity index is 2.77. The molecule has 1 aromatic rings. The molecule has 0 amide bonds. The molecule has 0 aliphatic carbocycles. The van der Waals surface area contributed by atoms with E-state index in [1.54, 1.807) is 0 Å². The average Bonchev–Trinajstić information content (AvgIpc) is 2.29. The molecule has 102 valence electrons. The third-order valence-electron chi connectivity index (χ3n) is 3.33. The fraction of sp³-hybridized carbons (Fsp3) is 0.625. The van der Waals surface area contributed by atoms with Crippen LogP contribution in [0.5, 0.6) is 0 Å². The number of hydrogen-bond donors (Lipinski definition) is 0. The predicted molar refractivity (Wildman–Crippen MR) is 83.8 cm³/mol. The summed E-state index contributed by atoms with van der Waals surface area (Å²) < 4.78 is 1.18. The first-order chi connectivity index (χ1) is 8.56. The highest BCUT2D eigenvalue weighted by molar-refractivity contribution is 9.10. The lowest BCUT2D eigenvalue weighted by molar-refractivity contribution is 0.157. The van der Waals surface area contributed by atoms with Crippen LogP contribution in [0.25, 0.3) is 0 Å². The maximum absolute atomic E-state index is 3.56. The normalized spacial score (nSPS) is 11.8. The van der Waals surface area contributed by atoms with E-state index in [9.17, 15) is 0 Å². The zero-order valence-electron chi connectivity index (χ0n) is 12.1. The van der Waals surface area contributed by atoms with Gasteiger partial charge in [-0.15, -0.1) is 0 Å². The lowest BCUT2D eigenvalue weighted by Crippen LogP contribution is -2.36. The molecule has 0 aliphatic heterocycles. The summed E-state index contributed by atoms with van der Waals surface area (Å²) >= 11 is 3.56. The van der Waals surface area contributed by atoms with Gasteiger partial charge in [0, 0.05) is 23.6 Å². The van der Waals surface area contributed by atoms with Gasteiger partial charge in [-0.25, -0.2) is 0 Å². The van der Waals surface area contributed by atoms with Crippen LogP contribution in [0.1, 0.15) is 46.1 Å². The van der Waals surface area contributed by atoms with Crippen LogP contribution < -0.4 is 0 Å². The summed E-state index contributed by atoms with van der Waals surface area (Å²) in [5.74, 6) is 0.720. The SMILES string of the molecule is CCC(CC)N(Cc1cccc(Br)c1)CC(C)C. The highest BCUT2D eigenvalue weighted by atomic mass is 79.9. The van der Waals surface area contributed by atoms with E-state index >= 15 is 0 Å². The third-order valence-corrected chi connectivity index (χ3v) is 3.83. The number of rotatable bonds is 7. The molecule has 0 radical (unpaired) electrons. The highest BCUT2D eigenvalue weighted by Crippen LogP contribution is 2.18. The largest absolute Gasteiger partial charge is 0.296 e. The van der Waals surface area contributed by atoms with Crippen molar-refractivity contribution in [2.24, 2.45) is 5.92 Å². The van der Waals surface area contributed by atoms with Gasteiger partial charge in [0.25, 0.3) is 0 Å². The Morgan fingerprint density at radius 2 is 1.83 bits per heavy atom. The smallest absolute Gasteiger partial charge is 0.0237 e. The monoisotopic (exact) mass is 311 g/mol. The Labute approximate surface area is 121 Å².